The summed E-state index contributed by atoms with van der Waals surface area (Å²) in [4.78, 5) is 35.1. The van der Waals surface area contributed by atoms with Crippen molar-refractivity contribution < 1.29 is 14.0 Å². The van der Waals surface area contributed by atoms with Gasteiger partial charge in [0.05, 0.1) is 12.1 Å². The van der Waals surface area contributed by atoms with E-state index in [9.17, 15) is 9.59 Å². The quantitative estimate of drug-likeness (QED) is 0.724. The average Bonchev–Trinajstić information content (AvgIpc) is 3.15. The Morgan fingerprint density at radius 2 is 2.00 bits per heavy atom. The number of hydrogen-bond acceptors (Lipinski definition) is 7. The third-order valence-electron chi connectivity index (χ3n) is 4.53. The molecule has 0 spiro atoms. The molecule has 3 aromatic rings. The second-order valence-corrected chi connectivity index (χ2v) is 6.45. The van der Waals surface area contributed by atoms with Crippen LogP contribution in [0.3, 0.4) is 0 Å². The molecule has 3 heterocycles. The number of nitrogens with one attached hydrogen (secondary N) is 1. The Morgan fingerprint density at radius 1 is 1.21 bits per heavy atom. The number of anilines is 1. The summed E-state index contributed by atoms with van der Waals surface area (Å²) in [5.74, 6) is -0.171. The molecule has 2 amide bonds. The van der Waals surface area contributed by atoms with Gasteiger partial charge in [-0.05, 0) is 18.4 Å². The number of aromatic nitrogens is 4. The Morgan fingerprint density at radius 3 is 2.82 bits per heavy atom. The van der Waals surface area contributed by atoms with E-state index < -0.39 is 11.9 Å². The molecule has 0 radical (unpaired) electrons. The number of aryl methyl sites for hydroxylation is 1. The van der Waals surface area contributed by atoms with E-state index in [1.54, 1.807) is 13.2 Å². The molecule has 1 N–H and O–H groups in total. The van der Waals surface area contributed by atoms with E-state index in [-0.39, 0.29) is 11.8 Å². The SMILES string of the molecule is CN1C(=O)C(NC(=O)c2nnc(Cc3ccccc3)o2)CCc2nccnc21. The van der Waals surface area contributed by atoms with Crippen LogP contribution >= 0.6 is 0 Å². The highest BCUT2D eigenvalue weighted by Gasteiger charge is 2.31. The van der Waals surface area contributed by atoms with E-state index in [0.29, 0.717) is 31.0 Å². The molecule has 1 aromatic carbocycles. The zero-order valence-corrected chi connectivity index (χ0v) is 15.2. The van der Waals surface area contributed by atoms with Gasteiger partial charge in [0, 0.05) is 19.4 Å². The Labute approximate surface area is 160 Å². The number of fused-ring (bicyclic) bond motifs is 1. The molecule has 0 aliphatic carbocycles. The minimum Gasteiger partial charge on any atom is -0.417 e. The molecule has 1 unspecified atom stereocenters. The van der Waals surface area contributed by atoms with Crippen molar-refractivity contribution in [1.29, 1.82) is 0 Å². The minimum absolute atomic E-state index is 0.167. The minimum atomic E-state index is -0.724. The predicted octanol–water partition coefficient (Wildman–Crippen LogP) is 1.16. The smallest absolute Gasteiger partial charge is 0.309 e. The van der Waals surface area contributed by atoms with Crippen LogP contribution in [0.4, 0.5) is 5.82 Å². The van der Waals surface area contributed by atoms with Gasteiger partial charge >= 0.3 is 11.8 Å². The Kier molecular flexibility index (Phi) is 4.79. The van der Waals surface area contributed by atoms with Gasteiger partial charge in [-0.3, -0.25) is 19.5 Å². The largest absolute Gasteiger partial charge is 0.417 e. The van der Waals surface area contributed by atoms with E-state index >= 15 is 0 Å². The summed E-state index contributed by atoms with van der Waals surface area (Å²) >= 11 is 0. The van der Waals surface area contributed by atoms with Gasteiger partial charge in [-0.2, -0.15) is 0 Å². The fourth-order valence-corrected chi connectivity index (χ4v) is 3.10. The lowest BCUT2D eigenvalue weighted by molar-refractivity contribution is -0.120. The highest BCUT2D eigenvalue weighted by molar-refractivity contribution is 6.00. The number of nitrogens with zero attached hydrogens (tertiary/aromatic N) is 5. The second kappa shape index (κ2) is 7.55. The number of benzene rings is 1. The average molecular weight is 378 g/mol. The van der Waals surface area contributed by atoms with Crippen molar-refractivity contribution in [2.45, 2.75) is 25.3 Å². The van der Waals surface area contributed by atoms with Gasteiger partial charge in [0.15, 0.2) is 5.82 Å². The topological polar surface area (TPSA) is 114 Å². The Bertz CT molecular complexity index is 1000. The molecule has 9 nitrogen and oxygen atoms in total. The predicted molar refractivity (Wildman–Crippen MR) is 98.6 cm³/mol. The highest BCUT2D eigenvalue weighted by atomic mass is 16.4. The van der Waals surface area contributed by atoms with Crippen molar-refractivity contribution in [2.75, 3.05) is 11.9 Å². The third kappa shape index (κ3) is 3.59. The molecule has 0 saturated carbocycles. The van der Waals surface area contributed by atoms with Crippen LogP contribution in [0.25, 0.3) is 0 Å². The molecule has 0 fully saturated rings. The molecular formula is C19H18N6O3. The highest BCUT2D eigenvalue weighted by Crippen LogP contribution is 2.21. The van der Waals surface area contributed by atoms with Crippen LogP contribution in [-0.4, -0.2) is 45.1 Å². The van der Waals surface area contributed by atoms with Crippen molar-refractivity contribution >= 4 is 17.6 Å². The molecule has 0 saturated heterocycles. The number of carbonyl (C=O) groups excluding carboxylic acids is 2. The van der Waals surface area contributed by atoms with Crippen molar-refractivity contribution in [1.82, 2.24) is 25.5 Å². The van der Waals surface area contributed by atoms with Crippen molar-refractivity contribution in [3.05, 3.63) is 65.8 Å². The van der Waals surface area contributed by atoms with E-state index in [0.717, 1.165) is 11.3 Å². The van der Waals surface area contributed by atoms with Gasteiger partial charge in [0.2, 0.25) is 5.89 Å². The maximum absolute atomic E-state index is 12.7. The molecular weight excluding hydrogens is 360 g/mol. The summed E-state index contributed by atoms with van der Waals surface area (Å²) in [5.41, 5.74) is 1.72. The van der Waals surface area contributed by atoms with Crippen LogP contribution in [0, 0.1) is 0 Å². The maximum Gasteiger partial charge on any atom is 0.309 e. The zero-order valence-electron chi connectivity index (χ0n) is 15.2. The molecule has 4 rings (SSSR count). The lowest BCUT2D eigenvalue weighted by Gasteiger charge is -2.20. The van der Waals surface area contributed by atoms with Crippen LogP contribution in [0.1, 0.15) is 34.3 Å². The van der Waals surface area contributed by atoms with Crippen LogP contribution in [0.15, 0.2) is 47.1 Å². The first kappa shape index (κ1) is 17.8. The van der Waals surface area contributed by atoms with Crippen molar-refractivity contribution in [2.24, 2.45) is 0 Å². The molecule has 1 aliphatic rings. The van der Waals surface area contributed by atoms with E-state index in [1.165, 1.54) is 11.1 Å². The number of amides is 2. The van der Waals surface area contributed by atoms with Crippen LogP contribution in [-0.2, 0) is 17.6 Å². The first-order valence-electron chi connectivity index (χ1n) is 8.86. The van der Waals surface area contributed by atoms with Gasteiger partial charge in [0.25, 0.3) is 5.91 Å². The Hall–Kier alpha value is -3.62. The van der Waals surface area contributed by atoms with Gasteiger partial charge in [-0.1, -0.05) is 30.3 Å². The fourth-order valence-electron chi connectivity index (χ4n) is 3.10. The summed E-state index contributed by atoms with van der Waals surface area (Å²) < 4.78 is 5.46. The van der Waals surface area contributed by atoms with Gasteiger partial charge in [0.1, 0.15) is 6.04 Å². The van der Waals surface area contributed by atoms with Crippen molar-refractivity contribution in [3.8, 4) is 0 Å². The first-order valence-corrected chi connectivity index (χ1v) is 8.86. The molecule has 2 aromatic heterocycles. The summed E-state index contributed by atoms with van der Waals surface area (Å²) in [6.45, 7) is 0. The van der Waals surface area contributed by atoms with Crippen LogP contribution < -0.4 is 10.2 Å². The third-order valence-corrected chi connectivity index (χ3v) is 4.53. The number of carbonyl (C=O) groups is 2. The normalized spacial score (nSPS) is 16.4. The zero-order chi connectivity index (χ0) is 19.5. The van der Waals surface area contributed by atoms with Gasteiger partial charge < -0.3 is 9.73 Å². The summed E-state index contributed by atoms with van der Waals surface area (Å²) in [5, 5.41) is 10.4. The number of likely N-dealkylation sites (N-methyl/N-ethyl adjacent to an activating group) is 1. The fraction of sp³-hybridized carbons (Fsp3) is 0.263. The maximum atomic E-state index is 12.7. The first-order chi connectivity index (χ1) is 13.6. The van der Waals surface area contributed by atoms with Crippen molar-refractivity contribution in [3.63, 3.8) is 0 Å². The molecule has 28 heavy (non-hydrogen) atoms. The monoisotopic (exact) mass is 378 g/mol. The van der Waals surface area contributed by atoms with Gasteiger partial charge in [-0.25, -0.2) is 4.98 Å². The standard InChI is InChI=1S/C19H18N6O3/c1-25-16-13(20-9-10-21-16)7-8-14(19(25)27)22-17(26)18-24-23-15(28-18)11-12-5-3-2-4-6-12/h2-6,9-10,14H,7-8,11H2,1H3,(H,22,26). The van der Waals surface area contributed by atoms with Crippen LogP contribution in [0.5, 0.6) is 0 Å². The molecule has 1 atom stereocenters. The van der Waals surface area contributed by atoms with E-state index in [4.69, 9.17) is 4.42 Å². The summed E-state index contributed by atoms with van der Waals surface area (Å²) in [6, 6.07) is 8.89. The van der Waals surface area contributed by atoms with E-state index in [2.05, 4.69) is 25.5 Å². The van der Waals surface area contributed by atoms with Crippen LogP contribution in [0.2, 0.25) is 0 Å². The molecule has 142 valence electrons. The number of rotatable bonds is 4. The van der Waals surface area contributed by atoms with Gasteiger partial charge in [-0.15, -0.1) is 10.2 Å². The summed E-state index contributed by atoms with van der Waals surface area (Å²) in [7, 11) is 1.62. The Balaban J connectivity index is 1.45. The lowest BCUT2D eigenvalue weighted by Crippen LogP contribution is -2.47. The summed E-state index contributed by atoms with van der Waals surface area (Å²) in [6.07, 6.45) is 4.48. The molecule has 1 aliphatic heterocycles. The van der Waals surface area contributed by atoms with E-state index in [1.807, 2.05) is 30.3 Å². The number of hydrogen-bond donors (Lipinski definition) is 1. The lowest BCUT2D eigenvalue weighted by atomic mass is 10.1. The molecule has 0 bridgehead atoms. The second-order valence-electron chi connectivity index (χ2n) is 6.45. The molecule has 9 heteroatoms.